The number of nitrogens with one attached hydrogen (secondary N) is 2. The summed E-state index contributed by atoms with van der Waals surface area (Å²) in [5.74, 6) is 0.207. The van der Waals surface area contributed by atoms with Crippen LogP contribution in [-0.4, -0.2) is 49.4 Å². The monoisotopic (exact) mass is 425 g/mol. The van der Waals surface area contributed by atoms with Crippen LogP contribution in [-0.2, 0) is 11.0 Å². The van der Waals surface area contributed by atoms with Crippen LogP contribution in [0.4, 0.5) is 13.2 Å². The van der Waals surface area contributed by atoms with Gasteiger partial charge in [0, 0.05) is 31.1 Å². The Balaban J connectivity index is 1.34. The fraction of sp³-hybridized carbons (Fsp3) is 0.636. The van der Waals surface area contributed by atoms with Crippen molar-refractivity contribution in [2.75, 3.05) is 32.7 Å². The molecule has 1 aliphatic heterocycles. The minimum Gasteiger partial charge on any atom is -0.355 e. The van der Waals surface area contributed by atoms with Gasteiger partial charge in [0.25, 0.3) is 5.91 Å². The van der Waals surface area contributed by atoms with Gasteiger partial charge in [0.2, 0.25) is 5.91 Å². The number of alkyl halides is 3. The van der Waals surface area contributed by atoms with Crippen LogP contribution in [0.15, 0.2) is 24.3 Å². The van der Waals surface area contributed by atoms with Gasteiger partial charge >= 0.3 is 6.18 Å². The highest BCUT2D eigenvalue weighted by atomic mass is 19.4. The lowest BCUT2D eigenvalue weighted by Crippen LogP contribution is -2.42. The molecular formula is C22H30F3N3O2. The second-order valence-electron chi connectivity index (χ2n) is 8.35. The summed E-state index contributed by atoms with van der Waals surface area (Å²) >= 11 is 0. The quantitative estimate of drug-likeness (QED) is 0.704. The molecule has 0 atom stereocenters. The first-order valence-corrected chi connectivity index (χ1v) is 10.8. The third-order valence-corrected chi connectivity index (χ3v) is 6.16. The molecule has 1 heterocycles. The number of likely N-dealkylation sites (tertiary alicyclic amines) is 1. The number of piperidine rings is 1. The summed E-state index contributed by atoms with van der Waals surface area (Å²) in [4.78, 5) is 26.6. The summed E-state index contributed by atoms with van der Waals surface area (Å²) in [7, 11) is 0. The summed E-state index contributed by atoms with van der Waals surface area (Å²) in [6.07, 6.45) is 1.68. The van der Waals surface area contributed by atoms with Crippen molar-refractivity contribution in [3.63, 3.8) is 0 Å². The Kier molecular flexibility index (Phi) is 7.75. The molecule has 0 aromatic heterocycles. The Hall–Kier alpha value is -2.09. The third kappa shape index (κ3) is 6.45. The van der Waals surface area contributed by atoms with Gasteiger partial charge in [-0.2, -0.15) is 13.2 Å². The van der Waals surface area contributed by atoms with Crippen molar-refractivity contribution in [1.29, 1.82) is 0 Å². The van der Waals surface area contributed by atoms with E-state index in [1.807, 2.05) is 0 Å². The summed E-state index contributed by atoms with van der Waals surface area (Å²) in [6, 6.07) is 4.50. The maximum absolute atomic E-state index is 12.8. The van der Waals surface area contributed by atoms with Crippen molar-refractivity contribution in [3.05, 3.63) is 35.4 Å². The van der Waals surface area contributed by atoms with Gasteiger partial charge in [-0.15, -0.1) is 0 Å². The van der Waals surface area contributed by atoms with Crippen molar-refractivity contribution in [3.8, 4) is 0 Å². The van der Waals surface area contributed by atoms with E-state index in [0.717, 1.165) is 70.3 Å². The van der Waals surface area contributed by atoms with Crippen LogP contribution in [0.3, 0.4) is 0 Å². The molecule has 1 aromatic carbocycles. The number of halogens is 3. The van der Waals surface area contributed by atoms with Crippen LogP contribution < -0.4 is 10.6 Å². The topological polar surface area (TPSA) is 61.4 Å². The highest BCUT2D eigenvalue weighted by Gasteiger charge is 2.31. The van der Waals surface area contributed by atoms with Crippen molar-refractivity contribution in [2.45, 2.75) is 44.7 Å². The van der Waals surface area contributed by atoms with Crippen molar-refractivity contribution in [1.82, 2.24) is 15.5 Å². The van der Waals surface area contributed by atoms with Crippen LogP contribution in [0.5, 0.6) is 0 Å². The summed E-state index contributed by atoms with van der Waals surface area (Å²) in [5.41, 5.74) is -0.788. The van der Waals surface area contributed by atoms with Crippen LogP contribution in [0.2, 0.25) is 0 Å². The highest BCUT2D eigenvalue weighted by molar-refractivity contribution is 5.94. The van der Waals surface area contributed by atoms with Crippen LogP contribution >= 0.6 is 0 Å². The summed E-state index contributed by atoms with van der Waals surface area (Å²) in [5, 5.41) is 5.81. The molecule has 1 saturated carbocycles. The Morgan fingerprint density at radius 3 is 2.40 bits per heavy atom. The Morgan fingerprint density at radius 2 is 1.73 bits per heavy atom. The molecule has 5 nitrogen and oxygen atoms in total. The van der Waals surface area contributed by atoms with Crippen molar-refractivity contribution in [2.24, 2.45) is 11.8 Å². The summed E-state index contributed by atoms with van der Waals surface area (Å²) in [6.45, 7) is 3.72. The smallest absolute Gasteiger partial charge is 0.355 e. The molecule has 2 fully saturated rings. The first kappa shape index (κ1) is 22.6. The predicted octanol–water partition coefficient (Wildman–Crippen LogP) is 3.45. The number of carbonyl (C=O) groups excluding carboxylic acids is 2. The third-order valence-electron chi connectivity index (χ3n) is 6.16. The van der Waals surface area contributed by atoms with Gasteiger partial charge in [-0.3, -0.25) is 9.59 Å². The standard InChI is InChI=1S/C22H30F3N3O2/c23-22(24,25)19-7-3-6-18(14-19)21(30)27-15-16-8-11-28(12-9-16)13-10-26-20(29)17-4-1-2-5-17/h3,6-7,14,16-17H,1-2,4-5,8-13,15H2,(H,26,29)(H,27,30). The van der Waals surface area contributed by atoms with E-state index in [4.69, 9.17) is 0 Å². The highest BCUT2D eigenvalue weighted by Crippen LogP contribution is 2.29. The van der Waals surface area contributed by atoms with E-state index in [9.17, 15) is 22.8 Å². The van der Waals surface area contributed by atoms with Crippen molar-refractivity contribution >= 4 is 11.8 Å². The second kappa shape index (κ2) is 10.3. The molecule has 2 amide bonds. The fourth-order valence-corrected chi connectivity index (χ4v) is 4.26. The minimum atomic E-state index is -4.46. The van der Waals surface area contributed by atoms with Gasteiger partial charge in [-0.05, 0) is 62.9 Å². The van der Waals surface area contributed by atoms with E-state index in [2.05, 4.69) is 15.5 Å². The number of carbonyl (C=O) groups is 2. The lowest BCUT2D eigenvalue weighted by Gasteiger charge is -2.32. The molecular weight excluding hydrogens is 395 g/mol. The van der Waals surface area contributed by atoms with Crippen molar-refractivity contribution < 1.29 is 22.8 Å². The maximum atomic E-state index is 12.8. The maximum Gasteiger partial charge on any atom is 0.416 e. The van der Waals surface area contributed by atoms with Gasteiger partial charge in [0.15, 0.2) is 0 Å². The molecule has 8 heteroatoms. The van der Waals surface area contributed by atoms with Gasteiger partial charge in [-0.25, -0.2) is 0 Å². The number of nitrogens with zero attached hydrogens (tertiary/aromatic N) is 1. The predicted molar refractivity (Wildman–Crippen MR) is 108 cm³/mol. The average Bonchev–Trinajstić information content (AvgIpc) is 3.27. The first-order valence-electron chi connectivity index (χ1n) is 10.8. The molecule has 1 aliphatic carbocycles. The van der Waals surface area contributed by atoms with Gasteiger partial charge in [0.1, 0.15) is 0 Å². The molecule has 0 bridgehead atoms. The fourth-order valence-electron chi connectivity index (χ4n) is 4.26. The molecule has 0 radical (unpaired) electrons. The molecule has 0 spiro atoms. The molecule has 166 valence electrons. The molecule has 30 heavy (non-hydrogen) atoms. The van der Waals surface area contributed by atoms with E-state index in [-0.39, 0.29) is 17.4 Å². The molecule has 0 unspecified atom stereocenters. The van der Waals surface area contributed by atoms with Gasteiger partial charge in [0.05, 0.1) is 5.56 Å². The second-order valence-corrected chi connectivity index (χ2v) is 8.35. The van der Waals surface area contributed by atoms with Gasteiger partial charge in [-0.1, -0.05) is 18.9 Å². The average molecular weight is 425 g/mol. The Labute approximate surface area is 175 Å². The SMILES string of the molecule is O=C(NCC1CCN(CCNC(=O)C2CCCC2)CC1)c1cccc(C(F)(F)F)c1. The number of amides is 2. The number of benzene rings is 1. The van der Waals surface area contributed by atoms with Crippen LogP contribution in [0.25, 0.3) is 0 Å². The molecule has 2 aliphatic rings. The minimum absolute atomic E-state index is 0.0280. The number of hydrogen-bond donors (Lipinski definition) is 2. The molecule has 2 N–H and O–H groups in total. The Bertz CT molecular complexity index is 725. The zero-order valence-corrected chi connectivity index (χ0v) is 17.1. The zero-order chi connectivity index (χ0) is 21.6. The largest absolute Gasteiger partial charge is 0.416 e. The number of rotatable bonds is 7. The molecule has 1 aromatic rings. The van der Waals surface area contributed by atoms with E-state index in [1.54, 1.807) is 0 Å². The number of hydrogen-bond acceptors (Lipinski definition) is 3. The summed E-state index contributed by atoms with van der Waals surface area (Å²) < 4.78 is 38.4. The van der Waals surface area contributed by atoms with E-state index in [1.165, 1.54) is 12.1 Å². The Morgan fingerprint density at radius 1 is 1.03 bits per heavy atom. The lowest BCUT2D eigenvalue weighted by molar-refractivity contribution is -0.137. The van der Waals surface area contributed by atoms with E-state index < -0.39 is 17.6 Å². The van der Waals surface area contributed by atoms with Crippen LogP contribution in [0, 0.1) is 11.8 Å². The lowest BCUT2D eigenvalue weighted by atomic mass is 9.96. The first-order chi connectivity index (χ1) is 14.3. The normalized spacial score (nSPS) is 19.0. The van der Waals surface area contributed by atoms with E-state index >= 15 is 0 Å². The molecule has 3 rings (SSSR count). The van der Waals surface area contributed by atoms with Gasteiger partial charge < -0.3 is 15.5 Å². The van der Waals surface area contributed by atoms with Crippen LogP contribution in [0.1, 0.15) is 54.4 Å². The zero-order valence-electron chi connectivity index (χ0n) is 17.1. The molecule has 1 saturated heterocycles. The van der Waals surface area contributed by atoms with E-state index in [0.29, 0.717) is 19.0 Å².